The Kier molecular flexibility index (Phi) is 4.78. The number of carbonyl (C=O) groups excluding carboxylic acids is 1. The second kappa shape index (κ2) is 6.37. The molecule has 1 amide bonds. The monoisotopic (exact) mass is 275 g/mol. The molecule has 110 valence electrons. The van der Waals surface area contributed by atoms with Crippen molar-refractivity contribution < 1.29 is 4.79 Å². The van der Waals surface area contributed by atoms with Gasteiger partial charge in [0.1, 0.15) is 6.04 Å². The van der Waals surface area contributed by atoms with Gasteiger partial charge < -0.3 is 15.5 Å². The van der Waals surface area contributed by atoms with E-state index in [1.165, 1.54) is 0 Å². The number of likely N-dealkylation sites (N-methyl/N-ethyl adjacent to an activating group) is 1. The zero-order chi connectivity index (χ0) is 14.7. The lowest BCUT2D eigenvalue weighted by Gasteiger charge is -2.40. The lowest BCUT2D eigenvalue weighted by Crippen LogP contribution is -2.50. The molecule has 2 rings (SSSR count). The van der Waals surface area contributed by atoms with Crippen molar-refractivity contribution in [1.82, 2.24) is 9.80 Å². The minimum Gasteiger partial charge on any atom is -0.341 e. The summed E-state index contributed by atoms with van der Waals surface area (Å²) in [5, 5.41) is 0. The fourth-order valence-electron chi connectivity index (χ4n) is 2.82. The summed E-state index contributed by atoms with van der Waals surface area (Å²) in [6.07, 6.45) is 2.03. The number of carbonyl (C=O) groups is 1. The number of hydrogen-bond acceptors (Lipinski definition) is 3. The summed E-state index contributed by atoms with van der Waals surface area (Å²) >= 11 is 0. The second-order valence-corrected chi connectivity index (χ2v) is 5.85. The van der Waals surface area contributed by atoms with E-state index < -0.39 is 6.04 Å². The van der Waals surface area contributed by atoms with Crippen molar-refractivity contribution in [3.63, 3.8) is 0 Å². The Morgan fingerprint density at radius 2 is 2.05 bits per heavy atom. The highest BCUT2D eigenvalue weighted by Gasteiger charge is 2.30. The van der Waals surface area contributed by atoms with Crippen LogP contribution >= 0.6 is 0 Å². The molecule has 0 bridgehead atoms. The van der Waals surface area contributed by atoms with Crippen LogP contribution in [-0.4, -0.2) is 48.4 Å². The molecule has 1 aliphatic rings. The number of hydrogen-bond donors (Lipinski definition) is 1. The van der Waals surface area contributed by atoms with E-state index in [-0.39, 0.29) is 5.91 Å². The van der Waals surface area contributed by atoms with E-state index in [0.717, 1.165) is 24.9 Å². The molecule has 0 radical (unpaired) electrons. The van der Waals surface area contributed by atoms with E-state index in [1.54, 1.807) is 0 Å². The topological polar surface area (TPSA) is 49.6 Å². The van der Waals surface area contributed by atoms with Gasteiger partial charge in [0.2, 0.25) is 5.91 Å². The Morgan fingerprint density at radius 3 is 2.65 bits per heavy atom. The first-order valence-corrected chi connectivity index (χ1v) is 7.28. The Hall–Kier alpha value is -1.39. The van der Waals surface area contributed by atoms with Gasteiger partial charge in [-0.15, -0.1) is 0 Å². The van der Waals surface area contributed by atoms with Crippen molar-refractivity contribution >= 4 is 5.91 Å². The van der Waals surface area contributed by atoms with Crippen molar-refractivity contribution in [2.45, 2.75) is 37.9 Å². The summed E-state index contributed by atoms with van der Waals surface area (Å²) in [5.74, 6) is 0.0120. The highest BCUT2D eigenvalue weighted by Crippen LogP contribution is 2.22. The predicted molar refractivity (Wildman–Crippen MR) is 81.3 cm³/mol. The maximum atomic E-state index is 12.5. The normalized spacial score (nSPS) is 25.2. The number of rotatable bonds is 3. The molecule has 2 N–H and O–H groups in total. The molecule has 1 aliphatic heterocycles. The Morgan fingerprint density at radius 1 is 1.40 bits per heavy atom. The van der Waals surface area contributed by atoms with Crippen LogP contribution in [0.1, 0.15) is 31.4 Å². The van der Waals surface area contributed by atoms with E-state index >= 15 is 0 Å². The Labute approximate surface area is 121 Å². The Balaban J connectivity index is 2.02. The van der Waals surface area contributed by atoms with Crippen LogP contribution < -0.4 is 5.73 Å². The van der Waals surface area contributed by atoms with Crippen LogP contribution in [-0.2, 0) is 4.79 Å². The highest BCUT2D eigenvalue weighted by molar-refractivity contribution is 5.83. The highest BCUT2D eigenvalue weighted by atomic mass is 16.2. The lowest BCUT2D eigenvalue weighted by atomic mass is 9.96. The number of amides is 1. The van der Waals surface area contributed by atoms with Crippen LogP contribution in [0.3, 0.4) is 0 Å². The van der Waals surface area contributed by atoms with E-state index in [0.29, 0.717) is 12.1 Å². The molecule has 0 saturated carbocycles. The number of piperidine rings is 1. The molecule has 0 aliphatic carbocycles. The average Bonchev–Trinajstić information content (AvgIpc) is 2.48. The van der Waals surface area contributed by atoms with Crippen molar-refractivity contribution in [3.8, 4) is 0 Å². The van der Waals surface area contributed by atoms with E-state index in [9.17, 15) is 4.79 Å². The van der Waals surface area contributed by atoms with Gasteiger partial charge in [0.15, 0.2) is 0 Å². The van der Waals surface area contributed by atoms with Crippen molar-refractivity contribution in [2.75, 3.05) is 20.6 Å². The summed E-state index contributed by atoms with van der Waals surface area (Å²) < 4.78 is 0. The number of nitrogens with two attached hydrogens (primary N) is 1. The van der Waals surface area contributed by atoms with Gasteiger partial charge in [-0.1, -0.05) is 30.3 Å². The molecule has 4 heteroatoms. The average molecular weight is 275 g/mol. The van der Waals surface area contributed by atoms with E-state index in [2.05, 4.69) is 18.9 Å². The van der Waals surface area contributed by atoms with Crippen LogP contribution in [0, 0.1) is 0 Å². The van der Waals surface area contributed by atoms with Gasteiger partial charge in [-0.25, -0.2) is 0 Å². The fourth-order valence-corrected chi connectivity index (χ4v) is 2.82. The van der Waals surface area contributed by atoms with Crippen LogP contribution in [0.15, 0.2) is 30.3 Å². The molecule has 1 aromatic carbocycles. The van der Waals surface area contributed by atoms with E-state index in [1.807, 2.05) is 42.3 Å². The quantitative estimate of drug-likeness (QED) is 0.912. The largest absolute Gasteiger partial charge is 0.341 e. The molecular formula is C16H25N3O. The number of likely N-dealkylation sites (tertiary alicyclic amines) is 1. The SMILES string of the molecule is C[C@@H]1C[C@@H](N(C)C(=O)[C@@H](N)c2ccccc2)CCN1C. The van der Waals surface area contributed by atoms with Crippen LogP contribution in [0.25, 0.3) is 0 Å². The third kappa shape index (κ3) is 3.19. The van der Waals surface area contributed by atoms with Crippen molar-refractivity contribution in [3.05, 3.63) is 35.9 Å². The summed E-state index contributed by atoms with van der Waals surface area (Å²) in [6, 6.07) is 9.83. The minimum absolute atomic E-state index is 0.0120. The lowest BCUT2D eigenvalue weighted by molar-refractivity contribution is -0.134. The first kappa shape index (κ1) is 15.0. The first-order chi connectivity index (χ1) is 9.50. The smallest absolute Gasteiger partial charge is 0.244 e. The van der Waals surface area contributed by atoms with Gasteiger partial charge in [0, 0.05) is 25.7 Å². The minimum atomic E-state index is -0.559. The molecular weight excluding hydrogens is 250 g/mol. The summed E-state index contributed by atoms with van der Waals surface area (Å²) in [6.45, 7) is 3.24. The summed E-state index contributed by atoms with van der Waals surface area (Å²) in [7, 11) is 4.02. The van der Waals surface area contributed by atoms with Gasteiger partial charge in [0.25, 0.3) is 0 Å². The zero-order valence-corrected chi connectivity index (χ0v) is 12.6. The molecule has 0 spiro atoms. The second-order valence-electron chi connectivity index (χ2n) is 5.85. The van der Waals surface area contributed by atoms with Crippen LogP contribution in [0.2, 0.25) is 0 Å². The van der Waals surface area contributed by atoms with Crippen molar-refractivity contribution in [2.24, 2.45) is 5.73 Å². The maximum absolute atomic E-state index is 12.5. The van der Waals surface area contributed by atoms with E-state index in [4.69, 9.17) is 5.73 Å². The molecule has 1 saturated heterocycles. The van der Waals surface area contributed by atoms with Gasteiger partial charge in [-0.2, -0.15) is 0 Å². The molecule has 1 heterocycles. The van der Waals surface area contributed by atoms with Crippen LogP contribution in [0.5, 0.6) is 0 Å². The van der Waals surface area contributed by atoms with Crippen LogP contribution in [0.4, 0.5) is 0 Å². The van der Waals surface area contributed by atoms with Gasteiger partial charge in [-0.3, -0.25) is 4.79 Å². The number of nitrogens with zero attached hydrogens (tertiary/aromatic N) is 2. The van der Waals surface area contributed by atoms with Gasteiger partial charge in [0.05, 0.1) is 0 Å². The molecule has 3 atom stereocenters. The summed E-state index contributed by atoms with van der Waals surface area (Å²) in [5.41, 5.74) is 6.99. The fraction of sp³-hybridized carbons (Fsp3) is 0.562. The standard InChI is InChI=1S/C16H25N3O/c1-12-11-14(9-10-18(12)2)19(3)16(20)15(17)13-7-5-4-6-8-13/h4-8,12,14-15H,9-11,17H2,1-3H3/t12-,14+,15+/m1/s1. The predicted octanol–water partition coefficient (Wildman–Crippen LogP) is 1.63. The molecule has 20 heavy (non-hydrogen) atoms. The maximum Gasteiger partial charge on any atom is 0.244 e. The molecule has 4 nitrogen and oxygen atoms in total. The Bertz CT molecular complexity index is 448. The third-order valence-corrected chi connectivity index (χ3v) is 4.50. The first-order valence-electron chi connectivity index (χ1n) is 7.28. The van der Waals surface area contributed by atoms with Gasteiger partial charge in [-0.05, 0) is 32.4 Å². The molecule has 0 unspecified atom stereocenters. The molecule has 0 aromatic heterocycles. The van der Waals surface area contributed by atoms with Gasteiger partial charge >= 0.3 is 0 Å². The summed E-state index contributed by atoms with van der Waals surface area (Å²) in [4.78, 5) is 16.7. The third-order valence-electron chi connectivity index (χ3n) is 4.50. The van der Waals surface area contributed by atoms with Crippen molar-refractivity contribution in [1.29, 1.82) is 0 Å². The zero-order valence-electron chi connectivity index (χ0n) is 12.6. The molecule has 1 fully saturated rings. The molecule has 1 aromatic rings. The number of benzene rings is 1.